The van der Waals surface area contributed by atoms with Gasteiger partial charge in [-0.2, -0.15) is 0 Å². The Labute approximate surface area is 228 Å². The normalized spacial score (nSPS) is 13.5. The predicted octanol–water partition coefficient (Wildman–Crippen LogP) is 9.46. The van der Waals surface area contributed by atoms with Crippen molar-refractivity contribution in [3.63, 3.8) is 0 Å². The molecule has 8 rings (SSSR count). The summed E-state index contributed by atoms with van der Waals surface area (Å²) in [5.41, 5.74) is 12.5. The summed E-state index contributed by atoms with van der Waals surface area (Å²) in [7, 11) is 0. The number of hydrogen-bond acceptors (Lipinski definition) is 0. The monoisotopic (exact) mass is 497 g/mol. The molecule has 1 aromatic heterocycles. The molecule has 0 atom stereocenters. The van der Waals surface area contributed by atoms with E-state index in [4.69, 9.17) is 0 Å². The van der Waals surface area contributed by atoms with Gasteiger partial charge in [0.2, 0.25) is 0 Å². The zero-order chi connectivity index (χ0) is 26.0. The van der Waals surface area contributed by atoms with Crippen molar-refractivity contribution in [1.29, 1.82) is 0 Å². The second kappa shape index (κ2) is 8.31. The van der Waals surface area contributed by atoms with Gasteiger partial charge in [0.05, 0.1) is 16.4 Å². The lowest BCUT2D eigenvalue weighted by Gasteiger charge is -2.34. The fourth-order valence-electron chi connectivity index (χ4n) is 7.12. The van der Waals surface area contributed by atoms with Crippen LogP contribution >= 0.6 is 0 Å². The number of hydrogen-bond donors (Lipinski definition) is 0. The van der Waals surface area contributed by atoms with Crippen molar-refractivity contribution in [2.75, 3.05) is 0 Å². The Morgan fingerprint density at radius 1 is 0.538 bits per heavy atom. The highest BCUT2D eigenvalue weighted by molar-refractivity contribution is 6.17. The number of aryl methyl sites for hydroxylation is 1. The number of aromatic nitrogens is 1. The molecular formula is C38H27N. The van der Waals surface area contributed by atoms with E-state index in [1.165, 1.54) is 66.4 Å². The topological polar surface area (TPSA) is 4.93 Å². The lowest BCUT2D eigenvalue weighted by Crippen LogP contribution is -2.28. The highest BCUT2D eigenvalue weighted by Gasteiger charge is 2.47. The Morgan fingerprint density at radius 3 is 1.79 bits per heavy atom. The van der Waals surface area contributed by atoms with Crippen LogP contribution in [-0.2, 0) is 5.41 Å². The van der Waals surface area contributed by atoms with E-state index in [2.05, 4.69) is 157 Å². The molecule has 0 fully saturated rings. The minimum atomic E-state index is -0.411. The average molecular weight is 498 g/mol. The van der Waals surface area contributed by atoms with Crippen LogP contribution in [0.25, 0.3) is 38.6 Å². The van der Waals surface area contributed by atoms with E-state index in [9.17, 15) is 0 Å². The van der Waals surface area contributed by atoms with E-state index in [1.54, 1.807) is 0 Å². The Kier molecular flexibility index (Phi) is 4.72. The van der Waals surface area contributed by atoms with Gasteiger partial charge in [-0.05, 0) is 58.5 Å². The summed E-state index contributed by atoms with van der Waals surface area (Å²) in [6.07, 6.45) is 0. The molecule has 0 bridgehead atoms. The number of nitrogens with zero attached hydrogens (tertiary/aromatic N) is 1. The standard InChI is InChI=1S/C38H27N/c1-26-25-33-36(37-35(26)31-22-12-14-24-34(31)39(37)29-19-9-4-10-20-29)30-21-11-13-23-32(30)38(33,27-15-5-2-6-16-27)28-17-7-3-8-18-28/h2-25H,1H3. The highest BCUT2D eigenvalue weighted by atomic mass is 15.0. The van der Waals surface area contributed by atoms with Crippen molar-refractivity contribution in [3.8, 4) is 16.8 Å². The number of rotatable bonds is 3. The van der Waals surface area contributed by atoms with Gasteiger partial charge in [0, 0.05) is 22.0 Å². The third-order valence-corrected chi connectivity index (χ3v) is 8.57. The van der Waals surface area contributed by atoms with Crippen LogP contribution in [0.5, 0.6) is 0 Å². The maximum Gasteiger partial charge on any atom is 0.0714 e. The zero-order valence-electron chi connectivity index (χ0n) is 21.8. The van der Waals surface area contributed by atoms with E-state index in [1.807, 2.05) is 0 Å². The van der Waals surface area contributed by atoms with Gasteiger partial charge < -0.3 is 4.57 Å². The Morgan fingerprint density at radius 2 is 1.10 bits per heavy atom. The summed E-state index contributed by atoms with van der Waals surface area (Å²) in [6, 6.07) is 53.3. The summed E-state index contributed by atoms with van der Waals surface area (Å²) < 4.78 is 2.49. The molecule has 7 aromatic rings. The summed E-state index contributed by atoms with van der Waals surface area (Å²) >= 11 is 0. The minimum Gasteiger partial charge on any atom is -0.309 e. The fraction of sp³-hybridized carbons (Fsp3) is 0.0526. The Hall–Kier alpha value is -4.88. The van der Waals surface area contributed by atoms with Crippen molar-refractivity contribution in [2.45, 2.75) is 12.3 Å². The van der Waals surface area contributed by atoms with Gasteiger partial charge in [0.1, 0.15) is 0 Å². The molecule has 0 radical (unpaired) electrons. The molecule has 1 aliphatic carbocycles. The van der Waals surface area contributed by atoms with Crippen LogP contribution in [0.3, 0.4) is 0 Å². The number of fused-ring (bicyclic) bond motifs is 7. The largest absolute Gasteiger partial charge is 0.309 e. The first kappa shape index (κ1) is 22.1. The smallest absolute Gasteiger partial charge is 0.0714 e. The van der Waals surface area contributed by atoms with Crippen molar-refractivity contribution < 1.29 is 0 Å². The molecule has 0 unspecified atom stereocenters. The second-order valence-corrected chi connectivity index (χ2v) is 10.6. The van der Waals surface area contributed by atoms with Gasteiger partial charge in [-0.3, -0.25) is 0 Å². The molecule has 0 amide bonds. The van der Waals surface area contributed by atoms with E-state index >= 15 is 0 Å². The maximum atomic E-state index is 2.49. The molecule has 0 saturated heterocycles. The third kappa shape index (κ3) is 2.90. The highest BCUT2D eigenvalue weighted by Crippen LogP contribution is 2.59. The summed E-state index contributed by atoms with van der Waals surface area (Å²) in [6.45, 7) is 2.29. The first-order valence-corrected chi connectivity index (χ1v) is 13.6. The molecule has 0 saturated carbocycles. The fourth-order valence-corrected chi connectivity index (χ4v) is 7.12. The Bertz CT molecular complexity index is 1960. The van der Waals surface area contributed by atoms with Gasteiger partial charge in [0.15, 0.2) is 0 Å². The third-order valence-electron chi connectivity index (χ3n) is 8.57. The maximum absolute atomic E-state index is 2.49. The van der Waals surface area contributed by atoms with Crippen molar-refractivity contribution in [3.05, 3.63) is 173 Å². The molecule has 6 aromatic carbocycles. The van der Waals surface area contributed by atoms with Crippen LogP contribution in [0.15, 0.2) is 146 Å². The van der Waals surface area contributed by atoms with Crippen LogP contribution in [0.2, 0.25) is 0 Å². The lowest BCUT2D eigenvalue weighted by molar-refractivity contribution is 0.768. The zero-order valence-corrected chi connectivity index (χ0v) is 21.8. The van der Waals surface area contributed by atoms with Gasteiger partial charge in [-0.15, -0.1) is 0 Å². The quantitative estimate of drug-likeness (QED) is 0.229. The van der Waals surface area contributed by atoms with E-state index in [0.29, 0.717) is 0 Å². The van der Waals surface area contributed by atoms with Crippen molar-refractivity contribution in [1.82, 2.24) is 4.57 Å². The molecule has 0 spiro atoms. The van der Waals surface area contributed by atoms with Crippen LogP contribution < -0.4 is 0 Å². The Balaban J connectivity index is 1.65. The molecular weight excluding hydrogens is 470 g/mol. The molecule has 1 aliphatic rings. The van der Waals surface area contributed by atoms with Gasteiger partial charge in [-0.1, -0.05) is 127 Å². The predicted molar refractivity (Wildman–Crippen MR) is 163 cm³/mol. The van der Waals surface area contributed by atoms with Gasteiger partial charge >= 0.3 is 0 Å². The molecule has 1 heterocycles. The van der Waals surface area contributed by atoms with E-state index in [0.717, 1.165) is 0 Å². The van der Waals surface area contributed by atoms with Crippen LogP contribution in [0.4, 0.5) is 0 Å². The van der Waals surface area contributed by atoms with Crippen molar-refractivity contribution in [2.24, 2.45) is 0 Å². The van der Waals surface area contributed by atoms with Gasteiger partial charge in [0.25, 0.3) is 0 Å². The van der Waals surface area contributed by atoms with Crippen LogP contribution in [0, 0.1) is 6.92 Å². The van der Waals surface area contributed by atoms with Crippen LogP contribution in [0.1, 0.15) is 27.8 Å². The SMILES string of the molecule is Cc1cc2c(c3c1c1ccccc1n3-c1ccccc1)-c1ccccc1C2(c1ccccc1)c1ccccc1. The molecule has 1 nitrogen and oxygen atoms in total. The number of para-hydroxylation sites is 2. The first-order chi connectivity index (χ1) is 19.3. The molecule has 39 heavy (non-hydrogen) atoms. The van der Waals surface area contributed by atoms with E-state index in [-0.39, 0.29) is 0 Å². The first-order valence-electron chi connectivity index (χ1n) is 13.6. The summed E-state index contributed by atoms with van der Waals surface area (Å²) in [4.78, 5) is 0. The molecule has 0 aliphatic heterocycles. The molecule has 184 valence electrons. The molecule has 1 heteroatoms. The lowest BCUT2D eigenvalue weighted by atomic mass is 9.67. The van der Waals surface area contributed by atoms with Crippen molar-refractivity contribution >= 4 is 21.8 Å². The minimum absolute atomic E-state index is 0.411. The average Bonchev–Trinajstić information content (AvgIpc) is 3.50. The summed E-state index contributed by atoms with van der Waals surface area (Å²) in [5.74, 6) is 0. The van der Waals surface area contributed by atoms with E-state index < -0.39 is 5.41 Å². The summed E-state index contributed by atoms with van der Waals surface area (Å²) in [5, 5.41) is 2.63. The second-order valence-electron chi connectivity index (χ2n) is 10.6. The number of benzene rings is 6. The molecule has 0 N–H and O–H groups in total. The van der Waals surface area contributed by atoms with Gasteiger partial charge in [-0.25, -0.2) is 0 Å². The van der Waals surface area contributed by atoms with Crippen LogP contribution in [-0.4, -0.2) is 4.57 Å².